The molecule has 0 N–H and O–H groups in total. The van der Waals surface area contributed by atoms with Gasteiger partial charge in [0.15, 0.2) is 0 Å². The Kier molecular flexibility index (Phi) is 2.82. The molecule has 88 valence electrons. The smallest absolute Gasteiger partial charge is 0.129 e. The molecule has 0 aliphatic heterocycles. The first-order valence-corrected chi connectivity index (χ1v) is 5.94. The summed E-state index contributed by atoms with van der Waals surface area (Å²) in [7, 11) is 0. The van der Waals surface area contributed by atoms with Crippen LogP contribution in [-0.2, 0) is 0 Å². The predicted molar refractivity (Wildman–Crippen MR) is 71.8 cm³/mol. The lowest BCUT2D eigenvalue weighted by atomic mass is 10.2. The summed E-state index contributed by atoms with van der Waals surface area (Å²) in [6, 6.07) is 15.7. The van der Waals surface area contributed by atoms with Crippen LogP contribution in [0.1, 0.15) is 0 Å². The topological polar surface area (TPSA) is 30.7 Å². The van der Waals surface area contributed by atoms with E-state index in [1.807, 2.05) is 53.2 Å². The van der Waals surface area contributed by atoms with Crippen molar-refractivity contribution in [3.05, 3.63) is 66.1 Å². The van der Waals surface area contributed by atoms with E-state index < -0.39 is 0 Å². The highest BCUT2D eigenvalue weighted by atomic mass is 35.5. The molecule has 18 heavy (non-hydrogen) atoms. The molecular weight excluding hydrogens is 246 g/mol. The Hall–Kier alpha value is -2.13. The van der Waals surface area contributed by atoms with Crippen LogP contribution in [0.25, 0.3) is 16.9 Å². The van der Waals surface area contributed by atoms with Crippen LogP contribution in [0.5, 0.6) is 0 Å². The minimum absolute atomic E-state index is 0.480. The highest BCUT2D eigenvalue weighted by Crippen LogP contribution is 2.23. The maximum absolute atomic E-state index is 5.92. The second-order valence-electron chi connectivity index (χ2n) is 3.83. The molecular formula is C14H10ClN3. The average Bonchev–Trinajstić information content (AvgIpc) is 2.89. The first kappa shape index (κ1) is 11.0. The van der Waals surface area contributed by atoms with E-state index in [4.69, 9.17) is 11.6 Å². The van der Waals surface area contributed by atoms with Crippen LogP contribution >= 0.6 is 11.6 Å². The van der Waals surface area contributed by atoms with Crippen LogP contribution in [0.3, 0.4) is 0 Å². The zero-order chi connectivity index (χ0) is 12.4. The van der Waals surface area contributed by atoms with Crippen molar-refractivity contribution in [2.45, 2.75) is 0 Å². The largest absolute Gasteiger partial charge is 0.245 e. The number of para-hydroxylation sites is 1. The molecule has 2 aromatic heterocycles. The molecule has 0 unspecified atom stereocenters. The van der Waals surface area contributed by atoms with Gasteiger partial charge < -0.3 is 0 Å². The van der Waals surface area contributed by atoms with Crippen LogP contribution < -0.4 is 0 Å². The fraction of sp³-hybridized carbons (Fsp3) is 0. The number of halogens is 1. The molecule has 1 aromatic carbocycles. The lowest BCUT2D eigenvalue weighted by Crippen LogP contribution is -1.98. The molecule has 0 fully saturated rings. The van der Waals surface area contributed by atoms with Gasteiger partial charge >= 0.3 is 0 Å². The first-order chi connectivity index (χ1) is 8.84. The summed E-state index contributed by atoms with van der Waals surface area (Å²) < 4.78 is 1.88. The summed E-state index contributed by atoms with van der Waals surface area (Å²) in [5, 5.41) is 4.83. The van der Waals surface area contributed by atoms with Gasteiger partial charge in [-0.05, 0) is 30.3 Å². The molecule has 0 aliphatic rings. The lowest BCUT2D eigenvalue weighted by molar-refractivity contribution is 0.888. The van der Waals surface area contributed by atoms with Crippen LogP contribution in [0.4, 0.5) is 0 Å². The van der Waals surface area contributed by atoms with Crippen molar-refractivity contribution in [2.24, 2.45) is 0 Å². The Bertz CT molecular complexity index is 662. The quantitative estimate of drug-likeness (QED) is 0.655. The van der Waals surface area contributed by atoms with Crippen molar-refractivity contribution in [1.82, 2.24) is 14.8 Å². The van der Waals surface area contributed by atoms with Crippen molar-refractivity contribution in [2.75, 3.05) is 0 Å². The number of rotatable bonds is 2. The molecule has 0 saturated carbocycles. The number of pyridine rings is 1. The average molecular weight is 256 g/mol. The monoisotopic (exact) mass is 255 g/mol. The summed E-state index contributed by atoms with van der Waals surface area (Å²) in [6.07, 6.45) is 3.47. The Morgan fingerprint density at radius 3 is 2.56 bits per heavy atom. The summed E-state index contributed by atoms with van der Waals surface area (Å²) in [4.78, 5) is 3.99. The Balaban J connectivity index is 2.13. The van der Waals surface area contributed by atoms with E-state index in [1.165, 1.54) is 0 Å². The van der Waals surface area contributed by atoms with E-state index in [-0.39, 0.29) is 0 Å². The van der Waals surface area contributed by atoms with Gasteiger partial charge in [-0.15, -0.1) is 0 Å². The van der Waals surface area contributed by atoms with Gasteiger partial charge in [0.05, 0.1) is 17.6 Å². The summed E-state index contributed by atoms with van der Waals surface area (Å²) in [5.41, 5.74) is 3.01. The molecule has 0 atom stereocenters. The zero-order valence-corrected chi connectivity index (χ0v) is 10.2. The highest BCUT2D eigenvalue weighted by Gasteiger charge is 2.07. The summed E-state index contributed by atoms with van der Waals surface area (Å²) in [6.45, 7) is 0. The lowest BCUT2D eigenvalue weighted by Gasteiger charge is -2.07. The minimum atomic E-state index is 0.480. The third-order valence-electron chi connectivity index (χ3n) is 2.67. The summed E-state index contributed by atoms with van der Waals surface area (Å²) in [5.74, 6) is 0. The molecule has 0 radical (unpaired) electrons. The normalized spacial score (nSPS) is 10.5. The van der Waals surface area contributed by atoms with E-state index in [2.05, 4.69) is 10.1 Å². The number of aromatic nitrogens is 3. The van der Waals surface area contributed by atoms with Crippen molar-refractivity contribution < 1.29 is 0 Å². The standard InChI is InChI=1S/C14H10ClN3/c15-14-10-11(6-8-16-14)13-7-9-17-18(13)12-4-2-1-3-5-12/h1-10H. The van der Waals surface area contributed by atoms with Crippen LogP contribution in [0, 0.1) is 0 Å². The van der Waals surface area contributed by atoms with Gasteiger partial charge in [-0.1, -0.05) is 29.8 Å². The molecule has 0 saturated heterocycles. The maximum Gasteiger partial charge on any atom is 0.129 e. The number of hydrogen-bond acceptors (Lipinski definition) is 2. The Morgan fingerprint density at radius 2 is 1.78 bits per heavy atom. The van der Waals surface area contributed by atoms with E-state index in [0.717, 1.165) is 16.9 Å². The molecule has 4 heteroatoms. The van der Waals surface area contributed by atoms with Gasteiger partial charge in [0, 0.05) is 11.8 Å². The van der Waals surface area contributed by atoms with Gasteiger partial charge in [0.25, 0.3) is 0 Å². The van der Waals surface area contributed by atoms with Gasteiger partial charge in [0.1, 0.15) is 5.15 Å². The van der Waals surface area contributed by atoms with Crippen molar-refractivity contribution in [1.29, 1.82) is 0 Å². The minimum Gasteiger partial charge on any atom is -0.245 e. The number of hydrogen-bond donors (Lipinski definition) is 0. The van der Waals surface area contributed by atoms with Gasteiger partial charge in [-0.2, -0.15) is 5.10 Å². The third-order valence-corrected chi connectivity index (χ3v) is 2.87. The van der Waals surface area contributed by atoms with Crippen LogP contribution in [0.15, 0.2) is 60.9 Å². The van der Waals surface area contributed by atoms with Gasteiger partial charge in [0.2, 0.25) is 0 Å². The predicted octanol–water partition coefficient (Wildman–Crippen LogP) is 3.59. The van der Waals surface area contributed by atoms with E-state index in [1.54, 1.807) is 12.4 Å². The van der Waals surface area contributed by atoms with Crippen LogP contribution in [-0.4, -0.2) is 14.8 Å². The van der Waals surface area contributed by atoms with Crippen molar-refractivity contribution >= 4 is 11.6 Å². The van der Waals surface area contributed by atoms with Gasteiger partial charge in [-0.25, -0.2) is 9.67 Å². The fourth-order valence-corrected chi connectivity index (χ4v) is 2.03. The zero-order valence-electron chi connectivity index (χ0n) is 9.49. The molecule has 3 nitrogen and oxygen atoms in total. The molecule has 2 heterocycles. The molecule has 3 aromatic rings. The number of nitrogens with zero attached hydrogens (tertiary/aromatic N) is 3. The molecule has 0 amide bonds. The highest BCUT2D eigenvalue weighted by molar-refractivity contribution is 6.29. The Morgan fingerprint density at radius 1 is 0.944 bits per heavy atom. The SMILES string of the molecule is Clc1cc(-c2ccnn2-c2ccccc2)ccn1. The van der Waals surface area contributed by atoms with E-state index >= 15 is 0 Å². The fourth-order valence-electron chi connectivity index (χ4n) is 1.86. The van der Waals surface area contributed by atoms with E-state index in [9.17, 15) is 0 Å². The maximum atomic E-state index is 5.92. The first-order valence-electron chi connectivity index (χ1n) is 5.56. The van der Waals surface area contributed by atoms with E-state index in [0.29, 0.717) is 5.15 Å². The number of benzene rings is 1. The Labute approximate surface area is 110 Å². The third kappa shape index (κ3) is 2.00. The van der Waals surface area contributed by atoms with Crippen molar-refractivity contribution in [3.63, 3.8) is 0 Å². The van der Waals surface area contributed by atoms with Crippen molar-refractivity contribution in [3.8, 4) is 16.9 Å². The molecule has 0 aliphatic carbocycles. The second kappa shape index (κ2) is 4.63. The molecule has 3 rings (SSSR count). The van der Waals surface area contributed by atoms with Crippen LogP contribution in [0.2, 0.25) is 5.15 Å². The molecule has 0 spiro atoms. The summed E-state index contributed by atoms with van der Waals surface area (Å²) >= 11 is 5.92. The second-order valence-corrected chi connectivity index (χ2v) is 4.22. The van der Waals surface area contributed by atoms with Gasteiger partial charge in [-0.3, -0.25) is 0 Å². The molecule has 0 bridgehead atoms.